The van der Waals surface area contributed by atoms with E-state index >= 15 is 0 Å². The lowest BCUT2D eigenvalue weighted by atomic mass is 10.0. The molecule has 0 amide bonds. The molecule has 0 spiro atoms. The van der Waals surface area contributed by atoms with Crippen molar-refractivity contribution in [3.8, 4) is 0 Å². The van der Waals surface area contributed by atoms with Gasteiger partial charge in [0.05, 0.1) is 12.2 Å². The fourth-order valence-corrected chi connectivity index (χ4v) is 1.80. The fraction of sp³-hybridized carbons (Fsp3) is 0.333. The molecule has 0 aliphatic heterocycles. The Morgan fingerprint density at radius 2 is 2.00 bits per heavy atom. The molecule has 0 saturated carbocycles. The first-order chi connectivity index (χ1) is 6.96. The Hall–Kier alpha value is -0.590. The minimum Gasteiger partial charge on any atom is -0.304 e. The Morgan fingerprint density at radius 1 is 1.33 bits per heavy atom. The molecule has 0 unspecified atom stereocenters. The smallest absolute Gasteiger partial charge is 0.304 e. The zero-order valence-electron chi connectivity index (χ0n) is 7.64. The van der Waals surface area contributed by atoms with Crippen molar-refractivity contribution in [3.63, 3.8) is 0 Å². The van der Waals surface area contributed by atoms with Gasteiger partial charge in [-0.2, -0.15) is 13.2 Å². The second kappa shape index (κ2) is 4.96. The van der Waals surface area contributed by atoms with E-state index in [-0.39, 0.29) is 18.6 Å². The summed E-state index contributed by atoms with van der Waals surface area (Å²) >= 11 is 3.07. The first-order valence-corrected chi connectivity index (χ1v) is 4.92. The number of rotatable bonds is 3. The summed E-state index contributed by atoms with van der Waals surface area (Å²) in [7, 11) is 0. The summed E-state index contributed by atoms with van der Waals surface area (Å²) < 4.78 is 38.1. The summed E-state index contributed by atoms with van der Waals surface area (Å²) in [5.41, 5.74) is -0.496. The van der Waals surface area contributed by atoms with E-state index in [1.54, 1.807) is 6.07 Å². The van der Waals surface area contributed by atoms with Gasteiger partial charge in [0.2, 0.25) is 0 Å². The highest BCUT2D eigenvalue weighted by molar-refractivity contribution is 9.10. The Balaban J connectivity index is 3.09. The van der Waals surface area contributed by atoms with Crippen LogP contribution in [0.4, 0.5) is 13.2 Å². The van der Waals surface area contributed by atoms with Crippen molar-refractivity contribution in [1.29, 1.82) is 0 Å². The average molecular weight is 284 g/mol. The number of hydrogen-bond donors (Lipinski definition) is 1. The molecule has 0 aliphatic rings. The predicted octanol–water partition coefficient (Wildman–Crippen LogP) is 2.90. The van der Waals surface area contributed by atoms with Crippen LogP contribution < -0.4 is 5.90 Å². The molecule has 0 aromatic heterocycles. The van der Waals surface area contributed by atoms with Crippen molar-refractivity contribution in [3.05, 3.63) is 33.8 Å². The van der Waals surface area contributed by atoms with Crippen molar-refractivity contribution in [2.45, 2.75) is 12.6 Å². The molecule has 1 aromatic carbocycles. The van der Waals surface area contributed by atoms with E-state index in [0.717, 1.165) is 6.07 Å². The van der Waals surface area contributed by atoms with Crippen LogP contribution in [0.1, 0.15) is 11.1 Å². The van der Waals surface area contributed by atoms with Crippen molar-refractivity contribution in [1.82, 2.24) is 0 Å². The number of alkyl halides is 3. The first-order valence-electron chi connectivity index (χ1n) is 4.13. The molecule has 0 heterocycles. The van der Waals surface area contributed by atoms with Crippen LogP contribution in [-0.2, 0) is 17.4 Å². The van der Waals surface area contributed by atoms with E-state index in [9.17, 15) is 13.2 Å². The van der Waals surface area contributed by atoms with E-state index < -0.39 is 11.7 Å². The molecule has 1 aromatic rings. The fourth-order valence-electron chi connectivity index (χ4n) is 1.24. The summed E-state index contributed by atoms with van der Waals surface area (Å²) in [6, 6.07) is 3.94. The van der Waals surface area contributed by atoms with Crippen LogP contribution in [-0.4, -0.2) is 6.61 Å². The summed E-state index contributed by atoms with van der Waals surface area (Å²) in [4.78, 5) is 4.28. The van der Waals surface area contributed by atoms with E-state index in [1.165, 1.54) is 6.07 Å². The molecule has 1 rings (SSSR count). The average Bonchev–Trinajstić information content (AvgIpc) is 2.14. The molecule has 0 radical (unpaired) electrons. The minimum atomic E-state index is -4.35. The van der Waals surface area contributed by atoms with Crippen molar-refractivity contribution in [2.75, 3.05) is 6.61 Å². The van der Waals surface area contributed by atoms with E-state index in [2.05, 4.69) is 20.8 Å². The van der Waals surface area contributed by atoms with Crippen LogP contribution in [0.3, 0.4) is 0 Å². The van der Waals surface area contributed by atoms with Crippen LogP contribution in [0.15, 0.2) is 22.7 Å². The number of halogens is 4. The molecule has 15 heavy (non-hydrogen) atoms. The molecule has 0 saturated heterocycles. The topological polar surface area (TPSA) is 35.2 Å². The number of benzene rings is 1. The van der Waals surface area contributed by atoms with Crippen molar-refractivity contribution in [2.24, 2.45) is 5.90 Å². The zero-order valence-corrected chi connectivity index (χ0v) is 9.23. The zero-order chi connectivity index (χ0) is 11.5. The van der Waals surface area contributed by atoms with Gasteiger partial charge in [0.15, 0.2) is 0 Å². The molecular formula is C9H9BrF3NO. The van der Waals surface area contributed by atoms with Crippen molar-refractivity contribution >= 4 is 15.9 Å². The quantitative estimate of drug-likeness (QED) is 0.866. The lowest BCUT2D eigenvalue weighted by Crippen LogP contribution is -2.12. The highest BCUT2D eigenvalue weighted by Gasteiger charge is 2.33. The largest absolute Gasteiger partial charge is 0.416 e. The maximum Gasteiger partial charge on any atom is 0.416 e. The molecule has 0 atom stereocenters. The molecule has 0 bridgehead atoms. The highest BCUT2D eigenvalue weighted by Crippen LogP contribution is 2.35. The Morgan fingerprint density at radius 3 is 2.53 bits per heavy atom. The molecule has 0 aliphatic carbocycles. The van der Waals surface area contributed by atoms with Gasteiger partial charge < -0.3 is 4.84 Å². The summed E-state index contributed by atoms with van der Waals surface area (Å²) in [5, 5.41) is 0. The van der Waals surface area contributed by atoms with Crippen LogP contribution >= 0.6 is 15.9 Å². The van der Waals surface area contributed by atoms with Gasteiger partial charge >= 0.3 is 6.18 Å². The van der Waals surface area contributed by atoms with Gasteiger partial charge in [-0.3, -0.25) is 0 Å². The van der Waals surface area contributed by atoms with Crippen LogP contribution in [0.25, 0.3) is 0 Å². The Labute approximate surface area is 93.3 Å². The molecule has 2 nitrogen and oxygen atoms in total. The van der Waals surface area contributed by atoms with E-state index in [0.29, 0.717) is 4.47 Å². The third-order valence-corrected chi connectivity index (χ3v) is 2.64. The SMILES string of the molecule is NOCCc1c(Br)cccc1C(F)(F)F. The van der Waals surface area contributed by atoms with Gasteiger partial charge in [0, 0.05) is 4.47 Å². The van der Waals surface area contributed by atoms with Gasteiger partial charge in [-0.1, -0.05) is 22.0 Å². The summed E-state index contributed by atoms with van der Waals surface area (Å²) in [6.45, 7) is 0.0473. The predicted molar refractivity (Wildman–Crippen MR) is 53.0 cm³/mol. The molecule has 2 N–H and O–H groups in total. The lowest BCUT2D eigenvalue weighted by molar-refractivity contribution is -0.138. The summed E-state index contributed by atoms with van der Waals surface area (Å²) in [6.07, 6.45) is -4.24. The number of nitrogens with two attached hydrogens (primary N) is 1. The van der Waals surface area contributed by atoms with Gasteiger partial charge in [0.1, 0.15) is 0 Å². The molecule has 84 valence electrons. The minimum absolute atomic E-state index is 0.0473. The van der Waals surface area contributed by atoms with Crippen LogP contribution in [0.5, 0.6) is 0 Å². The highest BCUT2D eigenvalue weighted by atomic mass is 79.9. The van der Waals surface area contributed by atoms with E-state index in [4.69, 9.17) is 5.90 Å². The normalized spacial score (nSPS) is 11.8. The first kappa shape index (κ1) is 12.5. The molecule has 0 fully saturated rings. The third-order valence-electron chi connectivity index (χ3n) is 1.89. The summed E-state index contributed by atoms with van der Waals surface area (Å²) in [5.74, 6) is 4.79. The van der Waals surface area contributed by atoms with Gasteiger partial charge in [-0.25, -0.2) is 5.90 Å². The molecular weight excluding hydrogens is 275 g/mol. The maximum absolute atomic E-state index is 12.6. The maximum atomic E-state index is 12.6. The van der Waals surface area contributed by atoms with Gasteiger partial charge in [-0.05, 0) is 24.1 Å². The monoisotopic (exact) mass is 283 g/mol. The van der Waals surface area contributed by atoms with Gasteiger partial charge in [0.25, 0.3) is 0 Å². The Kier molecular flexibility index (Phi) is 4.12. The van der Waals surface area contributed by atoms with Crippen LogP contribution in [0.2, 0.25) is 0 Å². The van der Waals surface area contributed by atoms with Crippen molar-refractivity contribution < 1.29 is 18.0 Å². The second-order valence-electron chi connectivity index (χ2n) is 2.88. The Bertz CT molecular complexity index is 341. The van der Waals surface area contributed by atoms with Crippen LogP contribution in [0, 0.1) is 0 Å². The van der Waals surface area contributed by atoms with Gasteiger partial charge in [-0.15, -0.1) is 0 Å². The molecule has 6 heteroatoms. The van der Waals surface area contributed by atoms with E-state index in [1.807, 2.05) is 0 Å². The number of hydrogen-bond acceptors (Lipinski definition) is 2. The third kappa shape index (κ3) is 3.19. The lowest BCUT2D eigenvalue weighted by Gasteiger charge is -2.13. The second-order valence-corrected chi connectivity index (χ2v) is 3.74. The standard InChI is InChI=1S/C9H9BrF3NO/c10-8-3-1-2-7(9(11,12)13)6(8)4-5-15-14/h1-3H,4-5,14H2.